The van der Waals surface area contributed by atoms with Crippen LogP contribution in [0.5, 0.6) is 0 Å². The number of benzene rings is 1. The van der Waals surface area contributed by atoms with Gasteiger partial charge in [0.1, 0.15) is 0 Å². The number of fused-ring (bicyclic) bond motifs is 1. The van der Waals surface area contributed by atoms with Crippen LogP contribution in [0.15, 0.2) is 18.2 Å². The largest absolute Gasteiger partial charge is 0.384 e. The molecule has 2 nitrogen and oxygen atoms in total. The minimum absolute atomic E-state index is 0.777. The molecule has 0 aromatic heterocycles. The van der Waals surface area contributed by atoms with E-state index in [0.29, 0.717) is 0 Å². The second-order valence-electron chi connectivity index (χ2n) is 4.62. The molecule has 0 aliphatic carbocycles. The first-order valence-electron chi connectivity index (χ1n) is 6.01. The predicted molar refractivity (Wildman–Crippen MR) is 63.5 cm³/mol. The van der Waals surface area contributed by atoms with Crippen molar-refractivity contribution in [2.24, 2.45) is 0 Å². The number of hydrogen-bond acceptors (Lipinski definition) is 2. The molecule has 80 valence electrons. The molecule has 1 aromatic carbocycles. The number of piperidine rings is 1. The minimum Gasteiger partial charge on any atom is -0.384 e. The molecular formula is C13H18N2. The van der Waals surface area contributed by atoms with Crippen molar-refractivity contribution >= 4 is 5.69 Å². The average Bonchev–Trinajstić information content (AvgIpc) is 2.77. The molecule has 2 heterocycles. The third kappa shape index (κ3) is 1.74. The third-order valence-corrected chi connectivity index (χ3v) is 3.65. The first-order valence-corrected chi connectivity index (χ1v) is 6.01. The van der Waals surface area contributed by atoms with Crippen molar-refractivity contribution in [2.75, 3.05) is 25.0 Å². The molecule has 0 radical (unpaired) electrons. The van der Waals surface area contributed by atoms with Gasteiger partial charge in [-0.25, -0.2) is 0 Å². The summed E-state index contributed by atoms with van der Waals surface area (Å²) in [5.41, 5.74) is 4.41. The summed E-state index contributed by atoms with van der Waals surface area (Å²) in [5, 5.41) is 6.89. The number of anilines is 1. The summed E-state index contributed by atoms with van der Waals surface area (Å²) >= 11 is 0. The molecule has 3 rings (SSSR count). The maximum atomic E-state index is 3.46. The number of hydrogen-bond donors (Lipinski definition) is 2. The van der Waals surface area contributed by atoms with Crippen molar-refractivity contribution in [2.45, 2.75) is 25.2 Å². The standard InChI is InChI=1S/C13H18N2/c1-2-12(10-3-6-14-7-4-10)9-13-11(1)5-8-15-13/h1-2,9-10,14-15H,3-8H2. The highest BCUT2D eigenvalue weighted by Gasteiger charge is 2.17. The van der Waals surface area contributed by atoms with Gasteiger partial charge in [0.15, 0.2) is 0 Å². The van der Waals surface area contributed by atoms with Gasteiger partial charge >= 0.3 is 0 Å². The monoisotopic (exact) mass is 202 g/mol. The van der Waals surface area contributed by atoms with Crippen LogP contribution in [0.25, 0.3) is 0 Å². The van der Waals surface area contributed by atoms with Crippen LogP contribution in [-0.2, 0) is 6.42 Å². The molecule has 1 fully saturated rings. The Morgan fingerprint density at radius 2 is 1.93 bits per heavy atom. The fraction of sp³-hybridized carbons (Fsp3) is 0.538. The first kappa shape index (κ1) is 9.22. The van der Waals surface area contributed by atoms with Crippen molar-refractivity contribution in [1.29, 1.82) is 0 Å². The molecule has 2 N–H and O–H groups in total. The van der Waals surface area contributed by atoms with Gasteiger partial charge in [0.25, 0.3) is 0 Å². The SMILES string of the molecule is c1cc2c(cc1C1CCNCC1)NCC2. The van der Waals surface area contributed by atoms with E-state index in [1.165, 1.54) is 49.2 Å². The molecule has 0 saturated carbocycles. The van der Waals surface area contributed by atoms with Crippen molar-refractivity contribution in [3.05, 3.63) is 29.3 Å². The van der Waals surface area contributed by atoms with Crippen LogP contribution in [0.3, 0.4) is 0 Å². The Labute approximate surface area is 91.1 Å². The van der Waals surface area contributed by atoms with Crippen LogP contribution in [0.2, 0.25) is 0 Å². The Hall–Kier alpha value is -1.02. The van der Waals surface area contributed by atoms with Crippen LogP contribution < -0.4 is 10.6 Å². The topological polar surface area (TPSA) is 24.1 Å². The van der Waals surface area contributed by atoms with Gasteiger partial charge in [-0.05, 0) is 55.5 Å². The van der Waals surface area contributed by atoms with E-state index in [0.717, 1.165) is 12.5 Å². The van der Waals surface area contributed by atoms with E-state index >= 15 is 0 Å². The van der Waals surface area contributed by atoms with E-state index in [2.05, 4.69) is 28.8 Å². The molecule has 15 heavy (non-hydrogen) atoms. The van der Waals surface area contributed by atoms with Crippen molar-refractivity contribution in [3.8, 4) is 0 Å². The van der Waals surface area contributed by atoms with E-state index < -0.39 is 0 Å². The lowest BCUT2D eigenvalue weighted by molar-refractivity contribution is 0.460. The number of nitrogens with one attached hydrogen (secondary N) is 2. The Bertz CT molecular complexity index is 354. The van der Waals surface area contributed by atoms with Crippen molar-refractivity contribution < 1.29 is 0 Å². The highest BCUT2D eigenvalue weighted by atomic mass is 14.9. The second-order valence-corrected chi connectivity index (χ2v) is 4.62. The summed E-state index contributed by atoms with van der Waals surface area (Å²) in [6, 6.07) is 7.02. The van der Waals surface area contributed by atoms with E-state index in [1.54, 1.807) is 0 Å². The minimum atomic E-state index is 0.777. The van der Waals surface area contributed by atoms with Gasteiger partial charge in [0.05, 0.1) is 0 Å². The van der Waals surface area contributed by atoms with Crippen LogP contribution in [0.4, 0.5) is 5.69 Å². The van der Waals surface area contributed by atoms with Gasteiger partial charge in [-0.15, -0.1) is 0 Å². The average molecular weight is 202 g/mol. The smallest absolute Gasteiger partial charge is 0.0376 e. The quantitative estimate of drug-likeness (QED) is 0.729. The van der Waals surface area contributed by atoms with Crippen molar-refractivity contribution in [1.82, 2.24) is 5.32 Å². The molecule has 0 bridgehead atoms. The van der Waals surface area contributed by atoms with E-state index in [1.807, 2.05) is 0 Å². The van der Waals surface area contributed by atoms with Crippen LogP contribution in [-0.4, -0.2) is 19.6 Å². The van der Waals surface area contributed by atoms with Gasteiger partial charge in [0.2, 0.25) is 0 Å². The lowest BCUT2D eigenvalue weighted by atomic mass is 9.89. The van der Waals surface area contributed by atoms with Gasteiger partial charge in [0, 0.05) is 12.2 Å². The highest BCUT2D eigenvalue weighted by Crippen LogP contribution is 2.30. The summed E-state index contributed by atoms with van der Waals surface area (Å²) in [6.07, 6.45) is 3.78. The summed E-state index contributed by atoms with van der Waals surface area (Å²) in [5.74, 6) is 0.777. The Kier molecular flexibility index (Phi) is 2.37. The molecule has 0 atom stereocenters. The zero-order valence-corrected chi connectivity index (χ0v) is 9.05. The highest BCUT2D eigenvalue weighted by molar-refractivity contribution is 5.57. The van der Waals surface area contributed by atoms with E-state index in [9.17, 15) is 0 Å². The molecule has 1 saturated heterocycles. The van der Waals surface area contributed by atoms with Gasteiger partial charge in [-0.3, -0.25) is 0 Å². The van der Waals surface area contributed by atoms with Crippen LogP contribution >= 0.6 is 0 Å². The third-order valence-electron chi connectivity index (χ3n) is 3.65. The normalized spacial score (nSPS) is 21.1. The fourth-order valence-corrected chi connectivity index (χ4v) is 2.72. The second kappa shape index (κ2) is 3.86. The molecule has 0 unspecified atom stereocenters. The Morgan fingerprint density at radius 1 is 1.07 bits per heavy atom. The molecule has 2 aliphatic rings. The lowest BCUT2D eigenvalue weighted by Crippen LogP contribution is -2.26. The zero-order chi connectivity index (χ0) is 10.1. The van der Waals surface area contributed by atoms with Gasteiger partial charge < -0.3 is 10.6 Å². The van der Waals surface area contributed by atoms with E-state index in [-0.39, 0.29) is 0 Å². The zero-order valence-electron chi connectivity index (χ0n) is 9.05. The Morgan fingerprint density at radius 3 is 2.80 bits per heavy atom. The first-order chi connectivity index (χ1) is 7.43. The molecule has 2 aliphatic heterocycles. The molecule has 0 amide bonds. The number of rotatable bonds is 1. The Balaban J connectivity index is 1.85. The summed E-state index contributed by atoms with van der Waals surface area (Å²) < 4.78 is 0. The fourth-order valence-electron chi connectivity index (χ4n) is 2.72. The van der Waals surface area contributed by atoms with Gasteiger partial charge in [-0.2, -0.15) is 0 Å². The molecular weight excluding hydrogens is 184 g/mol. The van der Waals surface area contributed by atoms with E-state index in [4.69, 9.17) is 0 Å². The molecule has 0 spiro atoms. The van der Waals surface area contributed by atoms with Crippen LogP contribution in [0, 0.1) is 0 Å². The van der Waals surface area contributed by atoms with Crippen LogP contribution in [0.1, 0.15) is 29.9 Å². The maximum absolute atomic E-state index is 3.46. The summed E-state index contributed by atoms with van der Waals surface area (Å²) in [4.78, 5) is 0. The lowest BCUT2D eigenvalue weighted by Gasteiger charge is -2.23. The summed E-state index contributed by atoms with van der Waals surface area (Å²) in [7, 11) is 0. The maximum Gasteiger partial charge on any atom is 0.0376 e. The predicted octanol–water partition coefficient (Wildman–Crippen LogP) is 2.12. The summed E-state index contributed by atoms with van der Waals surface area (Å²) in [6.45, 7) is 3.47. The van der Waals surface area contributed by atoms with Crippen molar-refractivity contribution in [3.63, 3.8) is 0 Å². The molecule has 1 aromatic rings. The van der Waals surface area contributed by atoms with Gasteiger partial charge in [-0.1, -0.05) is 12.1 Å². The molecule has 2 heteroatoms.